The molecule has 0 aliphatic carbocycles. The fraction of sp³-hybridized carbons (Fsp3) is 0.448. The van der Waals surface area contributed by atoms with Crippen molar-refractivity contribution in [3.05, 3.63) is 146 Å². The summed E-state index contributed by atoms with van der Waals surface area (Å²) in [5.41, 5.74) is 7.57. The van der Waals surface area contributed by atoms with Crippen LogP contribution < -0.4 is 25.8 Å². The van der Waals surface area contributed by atoms with E-state index in [9.17, 15) is 14.4 Å². The van der Waals surface area contributed by atoms with Gasteiger partial charge in [0.05, 0.1) is 34.7 Å². The number of benzene rings is 4. The van der Waals surface area contributed by atoms with E-state index in [-0.39, 0.29) is 17.9 Å². The van der Waals surface area contributed by atoms with E-state index in [1.807, 2.05) is 120 Å². The normalized spacial score (nSPS) is 16.7. The summed E-state index contributed by atoms with van der Waals surface area (Å²) in [7, 11) is 0. The molecule has 8 aromatic rings. The van der Waals surface area contributed by atoms with Crippen LogP contribution in [-0.4, -0.2) is 133 Å². The number of ether oxygens (including phenoxy) is 1. The van der Waals surface area contributed by atoms with Gasteiger partial charge in [0.15, 0.2) is 11.6 Å². The van der Waals surface area contributed by atoms with Crippen molar-refractivity contribution in [3.63, 3.8) is 0 Å². The number of amides is 3. The summed E-state index contributed by atoms with van der Waals surface area (Å²) in [5.74, 6) is 4.55. The zero-order valence-electron chi connectivity index (χ0n) is 49.6. The predicted octanol–water partition coefficient (Wildman–Crippen LogP) is 10.7. The first-order valence-corrected chi connectivity index (χ1v) is 30.9. The van der Waals surface area contributed by atoms with E-state index in [4.69, 9.17) is 24.7 Å². The van der Waals surface area contributed by atoms with Crippen LogP contribution in [0.5, 0.6) is 0 Å². The molecule has 18 nitrogen and oxygen atoms in total. The molecule has 12 rings (SSSR count). The molecule has 4 saturated heterocycles. The minimum Gasteiger partial charge on any atom is -0.444 e. The van der Waals surface area contributed by atoms with Gasteiger partial charge in [-0.2, -0.15) is 0 Å². The molecule has 18 heteroatoms. The molecule has 0 atom stereocenters. The van der Waals surface area contributed by atoms with Gasteiger partial charge in [0.25, 0.3) is 11.8 Å². The van der Waals surface area contributed by atoms with Crippen molar-refractivity contribution >= 4 is 51.6 Å². The van der Waals surface area contributed by atoms with Crippen LogP contribution in [0.3, 0.4) is 0 Å². The first-order valence-electron chi connectivity index (χ1n) is 30.9. The maximum absolute atomic E-state index is 13.0. The summed E-state index contributed by atoms with van der Waals surface area (Å²) < 4.78 is 9.60. The molecule has 0 unspecified atom stereocenters. The third kappa shape index (κ3) is 15.2. The Balaban J connectivity index is 0.000000179. The molecule has 8 heterocycles. The Labute approximate surface area is 499 Å². The molecule has 4 aromatic heterocycles. The third-order valence-electron chi connectivity index (χ3n) is 17.4. The van der Waals surface area contributed by atoms with Gasteiger partial charge in [-0.25, -0.2) is 34.7 Å². The highest BCUT2D eigenvalue weighted by atomic mass is 16.6. The van der Waals surface area contributed by atoms with Crippen molar-refractivity contribution in [2.45, 2.75) is 104 Å². The molecule has 85 heavy (non-hydrogen) atoms. The number of rotatable bonds is 16. The van der Waals surface area contributed by atoms with Gasteiger partial charge in [-0.3, -0.25) is 9.59 Å². The molecule has 3 N–H and O–H groups in total. The molecule has 4 aliphatic rings. The van der Waals surface area contributed by atoms with Crippen molar-refractivity contribution in [1.82, 2.24) is 59.9 Å². The van der Waals surface area contributed by atoms with Crippen LogP contribution in [0.25, 0.3) is 44.6 Å². The van der Waals surface area contributed by atoms with E-state index in [0.29, 0.717) is 41.6 Å². The van der Waals surface area contributed by atoms with Gasteiger partial charge in [0.1, 0.15) is 17.0 Å². The third-order valence-corrected chi connectivity index (χ3v) is 17.4. The number of aryl methyl sites for hydroxylation is 2. The minimum absolute atomic E-state index is 0.0883. The maximum atomic E-state index is 13.0. The van der Waals surface area contributed by atoms with Gasteiger partial charge in [-0.1, -0.05) is 60.7 Å². The minimum atomic E-state index is -0.469. The number of hydrogen-bond acceptors (Lipinski definition) is 13. The number of fused-ring (bicyclic) bond motifs is 2. The average molecular weight is 1150 g/mol. The first kappa shape index (κ1) is 58.5. The first-order chi connectivity index (χ1) is 41.5. The topological polar surface area (TPSA) is 193 Å². The Hall–Kier alpha value is -8.25. The molecule has 4 aliphatic heterocycles. The lowest BCUT2D eigenvalue weighted by Gasteiger charge is -2.41. The molecule has 4 fully saturated rings. The molecule has 0 saturated carbocycles. The maximum Gasteiger partial charge on any atom is 0.410 e. The average Bonchev–Trinajstić information content (AvgIpc) is 2.74. The standard InChI is InChI=1S/C36H45N7O3.C31H37N7O/c1-36(2,3)46-35(45)43-21-14-27(15-22-43)26-12-19-42(20-13-26)33-32(28-8-5-4-6-9-28)39-31-24-29(10-11-30(31)40-33)34(44)38-16-7-18-41-23-17-37-25-41;39-31(34-13-4-17-37-20-16-33-22-37)26-7-8-27-28(21-26)35-29(25-5-2-1-3-6-25)30(36-27)38-18-11-24(12-19-38)23-9-14-32-15-10-23/h4-6,8-11,17,23-27H,7,12-16,18-22H2,1-3H3,(H,38,44);1-3,5-8,16,20-24,32H,4,9-15,17-19H2,(H,34,39). The van der Waals surface area contributed by atoms with E-state index in [1.54, 1.807) is 25.0 Å². The zero-order chi connectivity index (χ0) is 58.5. The smallest absolute Gasteiger partial charge is 0.410 e. The highest BCUT2D eigenvalue weighted by Crippen LogP contribution is 2.39. The molecule has 0 spiro atoms. The lowest BCUT2D eigenvalue weighted by molar-refractivity contribution is 0.0152. The Morgan fingerprint density at radius 3 is 1.36 bits per heavy atom. The number of piperidine rings is 4. The second-order valence-corrected chi connectivity index (χ2v) is 24.3. The number of hydrogen-bond donors (Lipinski definition) is 3. The fourth-order valence-electron chi connectivity index (χ4n) is 12.7. The van der Waals surface area contributed by atoms with Crippen LogP contribution in [0.1, 0.15) is 106 Å². The van der Waals surface area contributed by atoms with Crippen molar-refractivity contribution in [2.75, 3.05) is 75.2 Å². The highest BCUT2D eigenvalue weighted by Gasteiger charge is 2.34. The monoisotopic (exact) mass is 1150 g/mol. The molecule has 444 valence electrons. The Bertz CT molecular complexity index is 3450. The number of imidazole rings is 2. The molecule has 0 bridgehead atoms. The Morgan fingerprint density at radius 2 is 0.953 bits per heavy atom. The second kappa shape index (κ2) is 27.6. The number of nitrogens with one attached hydrogen (secondary N) is 3. The second-order valence-electron chi connectivity index (χ2n) is 24.3. The number of carbonyl (C=O) groups is 3. The molecule has 3 amide bonds. The van der Waals surface area contributed by atoms with E-state index in [2.05, 4.69) is 60.0 Å². The van der Waals surface area contributed by atoms with Crippen LogP contribution in [-0.2, 0) is 17.8 Å². The zero-order valence-corrected chi connectivity index (χ0v) is 49.6. The number of aromatic nitrogens is 8. The molecular formula is C67H82N14O4. The van der Waals surface area contributed by atoms with Crippen molar-refractivity contribution in [3.8, 4) is 22.5 Å². The van der Waals surface area contributed by atoms with Crippen LogP contribution >= 0.6 is 0 Å². The fourth-order valence-corrected chi connectivity index (χ4v) is 12.7. The van der Waals surface area contributed by atoms with Crippen LogP contribution in [0.4, 0.5) is 16.4 Å². The van der Waals surface area contributed by atoms with Gasteiger partial charge < -0.3 is 44.5 Å². The Morgan fingerprint density at radius 1 is 0.529 bits per heavy atom. The number of likely N-dealkylation sites (tertiary alicyclic amines) is 1. The summed E-state index contributed by atoms with van der Waals surface area (Å²) in [6, 6.07) is 31.7. The van der Waals surface area contributed by atoms with Gasteiger partial charge in [0, 0.05) is 112 Å². The highest BCUT2D eigenvalue weighted by molar-refractivity contribution is 5.99. The number of carbonyl (C=O) groups excluding carboxylic acids is 3. The lowest BCUT2D eigenvalue weighted by Crippen LogP contribution is -2.44. The van der Waals surface area contributed by atoms with E-state index < -0.39 is 5.60 Å². The van der Waals surface area contributed by atoms with E-state index in [1.165, 1.54) is 25.7 Å². The quantitative estimate of drug-likeness (QED) is 0.0775. The van der Waals surface area contributed by atoms with Gasteiger partial charge in [0.2, 0.25) is 0 Å². The van der Waals surface area contributed by atoms with Gasteiger partial charge in [-0.05, 0) is 158 Å². The number of anilines is 2. The van der Waals surface area contributed by atoms with E-state index >= 15 is 0 Å². The SMILES string of the molecule is CC(C)(C)OC(=O)N1CCC(C2CCN(c3nc4ccc(C(=O)NCCCn5ccnc5)cc4nc3-c3ccccc3)CC2)CC1.O=C(NCCCn1ccnc1)c1ccc2nc(N3CCC(C4CCNCC4)CC3)c(-c3ccccc3)nc2c1. The van der Waals surface area contributed by atoms with Crippen molar-refractivity contribution in [1.29, 1.82) is 0 Å². The van der Waals surface area contributed by atoms with Crippen LogP contribution in [0, 0.1) is 23.7 Å². The molecular weight excluding hydrogens is 1060 g/mol. The van der Waals surface area contributed by atoms with Crippen molar-refractivity contribution in [2.24, 2.45) is 23.7 Å². The lowest BCUT2D eigenvalue weighted by atomic mass is 9.79. The molecule has 4 aromatic carbocycles. The van der Waals surface area contributed by atoms with Crippen LogP contribution in [0.2, 0.25) is 0 Å². The van der Waals surface area contributed by atoms with E-state index in [0.717, 1.165) is 167 Å². The summed E-state index contributed by atoms with van der Waals surface area (Å²) in [6.45, 7) is 16.2. The summed E-state index contributed by atoms with van der Waals surface area (Å²) in [4.78, 5) is 73.7. The van der Waals surface area contributed by atoms with Crippen LogP contribution in [0.15, 0.2) is 135 Å². The predicted molar refractivity (Wildman–Crippen MR) is 334 cm³/mol. The van der Waals surface area contributed by atoms with Gasteiger partial charge in [-0.15, -0.1) is 0 Å². The number of nitrogens with zero attached hydrogens (tertiary/aromatic N) is 11. The van der Waals surface area contributed by atoms with Crippen molar-refractivity contribution < 1.29 is 19.1 Å². The largest absolute Gasteiger partial charge is 0.444 e. The summed E-state index contributed by atoms with van der Waals surface area (Å²) in [5, 5.41) is 9.57. The Kier molecular flexibility index (Phi) is 19.0. The van der Waals surface area contributed by atoms with Gasteiger partial charge >= 0.3 is 6.09 Å². The summed E-state index contributed by atoms with van der Waals surface area (Å²) >= 11 is 0. The molecule has 0 radical (unpaired) electrons. The summed E-state index contributed by atoms with van der Waals surface area (Å²) in [6.07, 6.45) is 21.6.